The van der Waals surface area contributed by atoms with E-state index in [1.807, 2.05) is 30.3 Å². The van der Waals surface area contributed by atoms with Crippen molar-refractivity contribution in [2.24, 2.45) is 0 Å². The van der Waals surface area contributed by atoms with E-state index in [2.05, 4.69) is 4.74 Å². The van der Waals surface area contributed by atoms with E-state index in [-0.39, 0.29) is 19.0 Å². The molecule has 0 heterocycles. The van der Waals surface area contributed by atoms with Crippen molar-refractivity contribution in [3.63, 3.8) is 0 Å². The van der Waals surface area contributed by atoms with Crippen molar-refractivity contribution in [2.45, 2.75) is 13.0 Å². The van der Waals surface area contributed by atoms with Crippen molar-refractivity contribution in [1.29, 1.82) is 0 Å². The molecule has 2 aromatic carbocycles. The predicted octanol–water partition coefficient (Wildman–Crippen LogP) is 2.51. The second kappa shape index (κ2) is 7.09. The fourth-order valence-corrected chi connectivity index (χ4v) is 1.71. The van der Waals surface area contributed by atoms with Gasteiger partial charge in [-0.2, -0.15) is 0 Å². The zero-order chi connectivity index (χ0) is 14.2. The first-order valence-corrected chi connectivity index (χ1v) is 6.17. The van der Waals surface area contributed by atoms with Crippen LogP contribution >= 0.6 is 0 Å². The average Bonchev–Trinajstić information content (AvgIpc) is 2.47. The molecule has 0 bridgehead atoms. The summed E-state index contributed by atoms with van der Waals surface area (Å²) in [6.07, 6.45) is 0.233. The minimum Gasteiger partial charge on any atom is -0.463 e. The summed E-state index contributed by atoms with van der Waals surface area (Å²) in [6.45, 7) is 0.607. The molecule has 0 radical (unpaired) electrons. The largest absolute Gasteiger partial charge is 0.463 e. The van der Waals surface area contributed by atoms with E-state index in [0.29, 0.717) is 12.2 Å². The summed E-state index contributed by atoms with van der Waals surface area (Å²) in [7, 11) is 0. The first kappa shape index (κ1) is 13.8. The Labute approximate surface area is 116 Å². The van der Waals surface area contributed by atoms with Crippen LogP contribution in [-0.2, 0) is 27.4 Å². The van der Waals surface area contributed by atoms with Crippen LogP contribution in [0.5, 0.6) is 5.75 Å². The molecular weight excluding hydrogens is 256 g/mol. The molecule has 0 saturated heterocycles. The molecule has 4 nitrogen and oxygen atoms in total. The predicted molar refractivity (Wildman–Crippen MR) is 73.1 cm³/mol. The van der Waals surface area contributed by atoms with Gasteiger partial charge in [-0.3, -0.25) is 9.59 Å². The van der Waals surface area contributed by atoms with Gasteiger partial charge in [0.25, 0.3) is 6.47 Å². The Balaban J connectivity index is 1.89. The number of benzene rings is 2. The van der Waals surface area contributed by atoms with Crippen molar-refractivity contribution in [2.75, 3.05) is 0 Å². The Kier molecular flexibility index (Phi) is 4.89. The van der Waals surface area contributed by atoms with Gasteiger partial charge in [0.1, 0.15) is 12.4 Å². The van der Waals surface area contributed by atoms with Crippen LogP contribution in [0.1, 0.15) is 11.1 Å². The first-order chi connectivity index (χ1) is 9.78. The van der Waals surface area contributed by atoms with Crippen LogP contribution in [0.2, 0.25) is 0 Å². The Hall–Kier alpha value is -2.62. The lowest BCUT2D eigenvalue weighted by molar-refractivity contribution is -0.133. The van der Waals surface area contributed by atoms with E-state index in [4.69, 9.17) is 4.74 Å². The second-order valence-electron chi connectivity index (χ2n) is 4.19. The molecular formula is C16H14O4. The van der Waals surface area contributed by atoms with Crippen LogP contribution in [0.15, 0.2) is 54.6 Å². The minimum absolute atomic E-state index is 0.210. The lowest BCUT2D eigenvalue weighted by Crippen LogP contribution is -2.11. The van der Waals surface area contributed by atoms with Crippen molar-refractivity contribution >= 4 is 12.4 Å². The summed E-state index contributed by atoms with van der Waals surface area (Å²) in [5.74, 6) is 0.161. The molecule has 4 heteroatoms. The summed E-state index contributed by atoms with van der Waals surface area (Å²) in [5, 5.41) is 0. The Bertz CT molecular complexity index is 561. The molecule has 2 aromatic rings. The molecule has 0 atom stereocenters. The van der Waals surface area contributed by atoms with Crippen molar-refractivity contribution in [3.8, 4) is 5.75 Å². The van der Waals surface area contributed by atoms with Crippen LogP contribution in [0.3, 0.4) is 0 Å². The third kappa shape index (κ3) is 4.24. The maximum atomic E-state index is 11.7. The van der Waals surface area contributed by atoms with Gasteiger partial charge in [0.05, 0.1) is 6.42 Å². The summed E-state index contributed by atoms with van der Waals surface area (Å²) < 4.78 is 9.86. The molecule has 0 aromatic heterocycles. The van der Waals surface area contributed by atoms with Gasteiger partial charge in [-0.15, -0.1) is 0 Å². The van der Waals surface area contributed by atoms with Gasteiger partial charge in [-0.1, -0.05) is 42.5 Å². The summed E-state index contributed by atoms with van der Waals surface area (Å²) in [6, 6.07) is 16.2. The normalized spacial score (nSPS) is 9.80. The summed E-state index contributed by atoms with van der Waals surface area (Å²) >= 11 is 0. The molecule has 0 amide bonds. The lowest BCUT2D eigenvalue weighted by atomic mass is 10.1. The minimum atomic E-state index is -0.312. The van der Waals surface area contributed by atoms with Gasteiger partial charge in [-0.25, -0.2) is 0 Å². The van der Waals surface area contributed by atoms with Crippen LogP contribution in [0, 0.1) is 0 Å². The smallest absolute Gasteiger partial charge is 0.315 e. The van der Waals surface area contributed by atoms with E-state index < -0.39 is 0 Å². The fourth-order valence-electron chi connectivity index (χ4n) is 1.71. The van der Waals surface area contributed by atoms with E-state index in [1.165, 1.54) is 0 Å². The first-order valence-electron chi connectivity index (χ1n) is 6.17. The number of esters is 1. The Morgan fingerprint density at radius 1 is 0.950 bits per heavy atom. The number of carbonyl (C=O) groups is 2. The standard InChI is InChI=1S/C16H14O4/c17-12-19-11-14-6-8-15(9-7-14)20-16(18)10-13-4-2-1-3-5-13/h1-9,12H,10-11H2. The summed E-state index contributed by atoms with van der Waals surface area (Å²) in [5.41, 5.74) is 1.74. The SMILES string of the molecule is O=COCc1ccc(OC(=O)Cc2ccccc2)cc1. The van der Waals surface area contributed by atoms with Crippen molar-refractivity contribution in [3.05, 3.63) is 65.7 Å². The quantitative estimate of drug-likeness (QED) is 0.460. The molecule has 0 spiro atoms. The van der Waals surface area contributed by atoms with E-state index >= 15 is 0 Å². The Morgan fingerprint density at radius 3 is 2.30 bits per heavy atom. The van der Waals surface area contributed by atoms with Crippen molar-refractivity contribution in [1.82, 2.24) is 0 Å². The van der Waals surface area contributed by atoms with E-state index in [1.54, 1.807) is 24.3 Å². The molecule has 20 heavy (non-hydrogen) atoms. The van der Waals surface area contributed by atoms with Crippen molar-refractivity contribution < 1.29 is 19.1 Å². The monoisotopic (exact) mass is 270 g/mol. The van der Waals surface area contributed by atoms with Gasteiger partial charge in [-0.05, 0) is 23.3 Å². The third-order valence-electron chi connectivity index (χ3n) is 2.66. The molecule has 0 saturated carbocycles. The summed E-state index contributed by atoms with van der Waals surface area (Å²) in [4.78, 5) is 21.8. The Morgan fingerprint density at radius 2 is 1.65 bits per heavy atom. The molecule has 0 aliphatic rings. The molecule has 0 aliphatic heterocycles. The maximum Gasteiger partial charge on any atom is 0.315 e. The fraction of sp³-hybridized carbons (Fsp3) is 0.125. The zero-order valence-electron chi connectivity index (χ0n) is 10.8. The average molecular weight is 270 g/mol. The number of carbonyl (C=O) groups excluding carboxylic acids is 2. The van der Waals surface area contributed by atoms with Crippen LogP contribution < -0.4 is 4.74 Å². The molecule has 0 unspecified atom stereocenters. The van der Waals surface area contributed by atoms with Crippen LogP contribution in [-0.4, -0.2) is 12.4 Å². The second-order valence-corrected chi connectivity index (χ2v) is 4.19. The number of rotatable bonds is 6. The maximum absolute atomic E-state index is 11.7. The number of hydrogen-bond acceptors (Lipinski definition) is 4. The molecule has 0 aliphatic carbocycles. The van der Waals surface area contributed by atoms with Gasteiger partial charge < -0.3 is 9.47 Å². The highest BCUT2D eigenvalue weighted by Crippen LogP contribution is 2.14. The molecule has 2 rings (SSSR count). The number of ether oxygens (including phenoxy) is 2. The highest BCUT2D eigenvalue weighted by Gasteiger charge is 2.06. The molecule has 0 fully saturated rings. The topological polar surface area (TPSA) is 52.6 Å². The molecule has 0 N–H and O–H groups in total. The number of hydrogen-bond donors (Lipinski definition) is 0. The van der Waals surface area contributed by atoms with Crippen LogP contribution in [0.25, 0.3) is 0 Å². The third-order valence-corrected chi connectivity index (χ3v) is 2.66. The van der Waals surface area contributed by atoms with Crippen LogP contribution in [0.4, 0.5) is 0 Å². The van der Waals surface area contributed by atoms with Gasteiger partial charge in [0.2, 0.25) is 0 Å². The van der Waals surface area contributed by atoms with E-state index in [9.17, 15) is 9.59 Å². The van der Waals surface area contributed by atoms with Gasteiger partial charge in [0.15, 0.2) is 0 Å². The zero-order valence-corrected chi connectivity index (χ0v) is 10.8. The lowest BCUT2D eigenvalue weighted by Gasteiger charge is -2.05. The highest BCUT2D eigenvalue weighted by molar-refractivity contribution is 5.75. The van der Waals surface area contributed by atoms with Gasteiger partial charge >= 0.3 is 5.97 Å². The van der Waals surface area contributed by atoms with Gasteiger partial charge in [0, 0.05) is 0 Å². The van der Waals surface area contributed by atoms with E-state index in [0.717, 1.165) is 11.1 Å². The highest BCUT2D eigenvalue weighted by atomic mass is 16.5. The molecule has 102 valence electrons.